The zero-order valence-corrected chi connectivity index (χ0v) is 20.8. The van der Waals surface area contributed by atoms with Gasteiger partial charge in [-0.3, -0.25) is 9.59 Å². The predicted octanol–water partition coefficient (Wildman–Crippen LogP) is 0.0285. The topological polar surface area (TPSA) is 98.8 Å². The normalized spacial score (nSPS) is 13.7. The molecular formula is C23H24ClN2NaO5. The Hall–Kier alpha value is -1.90. The zero-order valence-electron chi connectivity index (χ0n) is 18.0. The summed E-state index contributed by atoms with van der Waals surface area (Å²) in [6, 6.07) is 13.6. The number of carbonyl (C=O) groups excluding carboxylic acids is 3. The van der Waals surface area contributed by atoms with Gasteiger partial charge in [0.15, 0.2) is 0 Å². The maximum Gasteiger partial charge on any atom is 1.00 e. The number of carboxylic acids is 1. The fraction of sp³-hybridized carbons (Fsp3) is 0.348. The van der Waals surface area contributed by atoms with E-state index in [1.807, 2.05) is 30.3 Å². The van der Waals surface area contributed by atoms with Crippen molar-refractivity contribution in [1.82, 2.24) is 0 Å². The van der Waals surface area contributed by atoms with Gasteiger partial charge in [0.1, 0.15) is 13.2 Å². The maximum atomic E-state index is 12.9. The van der Waals surface area contributed by atoms with Gasteiger partial charge in [-0.25, -0.2) is 0 Å². The molecule has 2 aromatic carbocycles. The molecular weight excluding hydrogens is 443 g/mol. The van der Waals surface area contributed by atoms with Crippen LogP contribution in [0, 0.1) is 0 Å². The molecule has 32 heavy (non-hydrogen) atoms. The molecule has 0 spiro atoms. The number of benzene rings is 2. The van der Waals surface area contributed by atoms with Crippen LogP contribution >= 0.6 is 11.6 Å². The Morgan fingerprint density at radius 3 is 2.38 bits per heavy atom. The molecule has 0 heterocycles. The number of para-hydroxylation sites is 1. The standard InChI is InChI=1S/C23H25ClN2O5.Na/c24-16-11-12-20(19(13-16)23(29)30)25-21(27)14-31-15-22(28)26(17-7-3-1-4-8-17)18-9-5-2-6-10-18;/h1,3-4,7-8,11-13,18H,2,5-6,9-10,14-15H2,(H,25,27)(H,29,30);/q;+1/p-1. The van der Waals surface area contributed by atoms with Crippen molar-refractivity contribution in [2.24, 2.45) is 0 Å². The Morgan fingerprint density at radius 1 is 1.03 bits per heavy atom. The summed E-state index contributed by atoms with van der Waals surface area (Å²) in [5, 5.41) is 13.9. The van der Waals surface area contributed by atoms with E-state index in [0.717, 1.165) is 31.4 Å². The van der Waals surface area contributed by atoms with Gasteiger partial charge >= 0.3 is 29.6 Å². The Balaban J connectivity index is 0.00000363. The van der Waals surface area contributed by atoms with E-state index >= 15 is 0 Å². The number of hydrogen-bond donors (Lipinski definition) is 1. The molecule has 1 saturated carbocycles. The number of nitrogens with one attached hydrogen (secondary N) is 1. The number of hydrogen-bond acceptors (Lipinski definition) is 5. The molecule has 1 fully saturated rings. The van der Waals surface area contributed by atoms with Crippen LogP contribution in [0.1, 0.15) is 42.5 Å². The summed E-state index contributed by atoms with van der Waals surface area (Å²) >= 11 is 5.79. The third kappa shape index (κ3) is 7.32. The van der Waals surface area contributed by atoms with Crippen molar-refractivity contribution in [2.75, 3.05) is 23.4 Å². The number of amides is 2. The third-order valence-electron chi connectivity index (χ3n) is 5.18. The summed E-state index contributed by atoms with van der Waals surface area (Å²) in [4.78, 5) is 38.1. The van der Waals surface area contributed by atoms with E-state index in [2.05, 4.69) is 5.32 Å². The van der Waals surface area contributed by atoms with E-state index in [1.54, 1.807) is 4.90 Å². The third-order valence-corrected chi connectivity index (χ3v) is 5.41. The monoisotopic (exact) mass is 466 g/mol. The first-order chi connectivity index (χ1) is 15.0. The first-order valence-electron chi connectivity index (χ1n) is 10.2. The number of rotatable bonds is 8. The minimum absolute atomic E-state index is 0. The number of anilines is 2. The Labute approximate surface area is 214 Å². The van der Waals surface area contributed by atoms with E-state index in [0.29, 0.717) is 0 Å². The Bertz CT molecular complexity index is 935. The molecule has 0 saturated heterocycles. The van der Waals surface area contributed by atoms with Crippen molar-refractivity contribution in [2.45, 2.75) is 38.1 Å². The van der Waals surface area contributed by atoms with Gasteiger partial charge in [0.05, 0.1) is 5.97 Å². The molecule has 164 valence electrons. The summed E-state index contributed by atoms with van der Waals surface area (Å²) in [5.74, 6) is -2.26. The number of carboxylic acid groups (broad SMARTS) is 1. The van der Waals surface area contributed by atoms with Crippen LogP contribution in [-0.4, -0.2) is 37.0 Å². The summed E-state index contributed by atoms with van der Waals surface area (Å²) in [6.45, 7) is -0.652. The number of halogens is 1. The molecule has 0 radical (unpaired) electrons. The summed E-state index contributed by atoms with van der Waals surface area (Å²) in [5.41, 5.74) is 0.633. The molecule has 1 N–H and O–H groups in total. The summed E-state index contributed by atoms with van der Waals surface area (Å²) in [7, 11) is 0. The molecule has 0 bridgehead atoms. The molecule has 0 aromatic heterocycles. The van der Waals surface area contributed by atoms with Crippen molar-refractivity contribution in [1.29, 1.82) is 0 Å². The number of carbonyl (C=O) groups is 3. The second-order valence-electron chi connectivity index (χ2n) is 7.41. The molecule has 0 aliphatic heterocycles. The maximum absolute atomic E-state index is 12.9. The van der Waals surface area contributed by atoms with Gasteiger partial charge in [-0.15, -0.1) is 0 Å². The predicted molar refractivity (Wildman–Crippen MR) is 116 cm³/mol. The molecule has 2 amide bonds. The molecule has 2 aromatic rings. The van der Waals surface area contributed by atoms with E-state index in [1.165, 1.54) is 24.6 Å². The Morgan fingerprint density at radius 2 is 1.72 bits per heavy atom. The molecule has 9 heteroatoms. The van der Waals surface area contributed by atoms with Crippen LogP contribution in [0.5, 0.6) is 0 Å². The second kappa shape index (κ2) is 13.0. The molecule has 1 aliphatic carbocycles. The van der Waals surface area contributed by atoms with Crippen molar-refractivity contribution in [3.05, 3.63) is 59.1 Å². The number of aromatic carboxylic acids is 1. The Kier molecular flexibility index (Phi) is 10.7. The van der Waals surface area contributed by atoms with Gasteiger partial charge in [-0.1, -0.05) is 49.1 Å². The van der Waals surface area contributed by atoms with Gasteiger partial charge in [-0.2, -0.15) is 0 Å². The van der Waals surface area contributed by atoms with Gasteiger partial charge < -0.3 is 24.9 Å². The SMILES string of the molecule is O=C(COCC(=O)N(c1ccccc1)C1CCCCC1)Nc1ccc(Cl)cc1C(=O)[O-].[Na+]. The molecule has 3 rings (SSSR count). The average molecular weight is 467 g/mol. The van der Waals surface area contributed by atoms with Crippen molar-refractivity contribution in [3.8, 4) is 0 Å². The minimum atomic E-state index is -1.46. The average Bonchev–Trinajstić information content (AvgIpc) is 2.76. The molecule has 1 aliphatic rings. The molecule has 0 atom stereocenters. The summed E-state index contributed by atoms with van der Waals surface area (Å²) < 4.78 is 5.35. The van der Waals surface area contributed by atoms with E-state index < -0.39 is 18.5 Å². The van der Waals surface area contributed by atoms with Gasteiger partial charge in [0.25, 0.3) is 5.91 Å². The van der Waals surface area contributed by atoms with Crippen molar-refractivity contribution in [3.63, 3.8) is 0 Å². The van der Waals surface area contributed by atoms with E-state index in [4.69, 9.17) is 16.3 Å². The first-order valence-corrected chi connectivity index (χ1v) is 10.6. The van der Waals surface area contributed by atoms with Crippen molar-refractivity contribution >= 4 is 40.8 Å². The molecule has 7 nitrogen and oxygen atoms in total. The fourth-order valence-electron chi connectivity index (χ4n) is 3.77. The van der Waals surface area contributed by atoms with Crippen LogP contribution in [-0.2, 0) is 14.3 Å². The fourth-order valence-corrected chi connectivity index (χ4v) is 3.94. The van der Waals surface area contributed by atoms with Gasteiger partial charge in [-0.05, 0) is 43.2 Å². The van der Waals surface area contributed by atoms with Crippen molar-refractivity contribution < 1.29 is 53.8 Å². The number of ether oxygens (including phenoxy) is 1. The second-order valence-corrected chi connectivity index (χ2v) is 7.85. The number of nitrogens with zero attached hydrogens (tertiary/aromatic N) is 1. The van der Waals surface area contributed by atoms with Crippen LogP contribution in [0.3, 0.4) is 0 Å². The van der Waals surface area contributed by atoms with Gasteiger partial charge in [0, 0.05) is 28.0 Å². The van der Waals surface area contributed by atoms with E-state index in [9.17, 15) is 19.5 Å². The first kappa shape index (κ1) is 26.4. The van der Waals surface area contributed by atoms with Crippen LogP contribution in [0.2, 0.25) is 5.02 Å². The quantitative estimate of drug-likeness (QED) is 0.553. The summed E-state index contributed by atoms with van der Waals surface area (Å²) in [6.07, 6.45) is 5.19. The minimum Gasteiger partial charge on any atom is -0.545 e. The smallest absolute Gasteiger partial charge is 0.545 e. The largest absolute Gasteiger partial charge is 1.00 e. The van der Waals surface area contributed by atoms with E-state index in [-0.39, 0.29) is 64.4 Å². The van der Waals surface area contributed by atoms with Crippen LogP contribution in [0.4, 0.5) is 11.4 Å². The zero-order chi connectivity index (χ0) is 22.2. The van der Waals surface area contributed by atoms with Crippen LogP contribution < -0.4 is 44.9 Å². The molecule has 0 unspecified atom stereocenters. The van der Waals surface area contributed by atoms with Gasteiger partial charge in [0.2, 0.25) is 5.91 Å². The van der Waals surface area contributed by atoms with Crippen LogP contribution in [0.25, 0.3) is 0 Å². The van der Waals surface area contributed by atoms with Crippen LogP contribution in [0.15, 0.2) is 48.5 Å².